The molecule has 2 N–H and O–H groups in total. The van der Waals surface area contributed by atoms with Gasteiger partial charge in [-0.3, -0.25) is 19.2 Å². The Hall–Kier alpha value is -3.18. The standard InChI is InChI=1S/C21H23N5O5S/c1-21(2)9-12-16(18(28)24-21)32-20(23-12)25-6-7-31-15-5-4-11(8-14(15)25)17(27)22-13-10-26(30-3)19(13)29/h4-5,8,13H,6-7,9-10H2,1-3H3,(H,22,27)(H,24,28). The summed E-state index contributed by atoms with van der Waals surface area (Å²) in [5.74, 6) is -0.113. The number of aromatic nitrogens is 1. The lowest BCUT2D eigenvalue weighted by atomic mass is 9.94. The van der Waals surface area contributed by atoms with Crippen LogP contribution in [0.2, 0.25) is 0 Å². The van der Waals surface area contributed by atoms with Crippen LogP contribution in [0.3, 0.4) is 0 Å². The van der Waals surface area contributed by atoms with Crippen molar-refractivity contribution >= 4 is 39.9 Å². The monoisotopic (exact) mass is 457 g/mol. The fourth-order valence-corrected chi connectivity index (χ4v) is 5.06. The summed E-state index contributed by atoms with van der Waals surface area (Å²) in [4.78, 5) is 49.4. The molecule has 1 saturated heterocycles. The highest BCUT2D eigenvalue weighted by Crippen LogP contribution is 2.41. The normalized spacial score (nSPS) is 21.2. The first-order valence-electron chi connectivity index (χ1n) is 10.3. The second-order valence-electron chi connectivity index (χ2n) is 8.58. The number of amides is 3. The number of carbonyl (C=O) groups is 3. The number of rotatable bonds is 4. The van der Waals surface area contributed by atoms with Crippen molar-refractivity contribution < 1.29 is 24.0 Å². The van der Waals surface area contributed by atoms with E-state index in [0.29, 0.717) is 53.1 Å². The smallest absolute Gasteiger partial charge is 0.270 e. The Labute approximate surface area is 188 Å². The van der Waals surface area contributed by atoms with Gasteiger partial charge >= 0.3 is 0 Å². The molecule has 5 rings (SSSR count). The van der Waals surface area contributed by atoms with E-state index in [-0.39, 0.29) is 23.3 Å². The van der Waals surface area contributed by atoms with Gasteiger partial charge in [0.05, 0.1) is 31.6 Å². The number of hydrogen-bond donors (Lipinski definition) is 2. The van der Waals surface area contributed by atoms with Crippen molar-refractivity contribution in [2.24, 2.45) is 0 Å². The van der Waals surface area contributed by atoms with Crippen LogP contribution in [0.15, 0.2) is 18.2 Å². The van der Waals surface area contributed by atoms with Crippen molar-refractivity contribution in [3.05, 3.63) is 34.3 Å². The Kier molecular flexibility index (Phi) is 4.82. The molecule has 10 nitrogen and oxygen atoms in total. The van der Waals surface area contributed by atoms with Crippen molar-refractivity contribution in [1.82, 2.24) is 20.7 Å². The van der Waals surface area contributed by atoms with Crippen LogP contribution in [0.5, 0.6) is 5.75 Å². The number of benzene rings is 1. The molecular formula is C21H23N5O5S. The number of ether oxygens (including phenoxy) is 1. The molecule has 32 heavy (non-hydrogen) atoms. The topological polar surface area (TPSA) is 113 Å². The first kappa shape index (κ1) is 20.7. The summed E-state index contributed by atoms with van der Waals surface area (Å²) in [5.41, 5.74) is 1.55. The number of anilines is 2. The molecule has 0 aliphatic carbocycles. The van der Waals surface area contributed by atoms with Gasteiger partial charge in [0.1, 0.15) is 23.3 Å². The van der Waals surface area contributed by atoms with E-state index in [4.69, 9.17) is 14.6 Å². The average molecular weight is 458 g/mol. The van der Waals surface area contributed by atoms with Gasteiger partial charge in [-0.2, -0.15) is 0 Å². The second-order valence-corrected chi connectivity index (χ2v) is 9.56. The third kappa shape index (κ3) is 3.47. The van der Waals surface area contributed by atoms with Gasteiger partial charge < -0.3 is 20.3 Å². The van der Waals surface area contributed by atoms with E-state index in [9.17, 15) is 14.4 Å². The lowest BCUT2D eigenvalue weighted by Crippen LogP contribution is -2.63. The van der Waals surface area contributed by atoms with Gasteiger partial charge in [0.2, 0.25) is 0 Å². The van der Waals surface area contributed by atoms with Crippen LogP contribution in [0, 0.1) is 0 Å². The number of nitrogens with zero attached hydrogens (tertiary/aromatic N) is 3. The predicted molar refractivity (Wildman–Crippen MR) is 116 cm³/mol. The SMILES string of the molecule is CON1CC(NC(=O)c2ccc3c(c2)N(c2nc4c(s2)C(=O)NC(C)(C)C4)CCO3)C1=O. The summed E-state index contributed by atoms with van der Waals surface area (Å²) in [7, 11) is 1.41. The third-order valence-electron chi connectivity index (χ3n) is 5.69. The molecule has 3 amide bonds. The van der Waals surface area contributed by atoms with Gasteiger partial charge in [0.15, 0.2) is 5.13 Å². The minimum absolute atomic E-state index is 0.114. The van der Waals surface area contributed by atoms with Crippen molar-refractivity contribution in [2.45, 2.75) is 31.8 Å². The summed E-state index contributed by atoms with van der Waals surface area (Å²) in [6, 6.07) is 4.53. The maximum atomic E-state index is 12.7. The maximum Gasteiger partial charge on any atom is 0.270 e. The molecule has 1 aromatic carbocycles. The molecule has 0 saturated carbocycles. The van der Waals surface area contributed by atoms with Crippen molar-refractivity contribution in [3.63, 3.8) is 0 Å². The summed E-state index contributed by atoms with van der Waals surface area (Å²) in [6.45, 7) is 5.26. The van der Waals surface area contributed by atoms with Crippen LogP contribution in [0.4, 0.5) is 10.8 Å². The molecular weight excluding hydrogens is 434 g/mol. The van der Waals surface area contributed by atoms with Gasteiger partial charge in [-0.1, -0.05) is 11.3 Å². The zero-order chi connectivity index (χ0) is 22.6. The first-order chi connectivity index (χ1) is 15.3. The zero-order valence-electron chi connectivity index (χ0n) is 17.9. The highest BCUT2D eigenvalue weighted by molar-refractivity contribution is 7.17. The van der Waals surface area contributed by atoms with Gasteiger partial charge in [-0.05, 0) is 32.0 Å². The fourth-order valence-electron chi connectivity index (χ4n) is 4.05. The number of fused-ring (bicyclic) bond motifs is 2. The Morgan fingerprint density at radius 1 is 1.38 bits per heavy atom. The van der Waals surface area contributed by atoms with E-state index >= 15 is 0 Å². The molecule has 0 bridgehead atoms. The van der Waals surface area contributed by atoms with Gasteiger partial charge in [0, 0.05) is 17.5 Å². The van der Waals surface area contributed by atoms with Crippen LogP contribution < -0.4 is 20.3 Å². The highest BCUT2D eigenvalue weighted by atomic mass is 32.1. The number of hydroxylamine groups is 2. The van der Waals surface area contributed by atoms with Gasteiger partial charge in [-0.15, -0.1) is 0 Å². The second kappa shape index (κ2) is 7.45. The lowest BCUT2D eigenvalue weighted by molar-refractivity contribution is -0.202. The minimum Gasteiger partial charge on any atom is -0.490 e. The molecule has 4 heterocycles. The summed E-state index contributed by atoms with van der Waals surface area (Å²) >= 11 is 1.34. The quantitative estimate of drug-likeness (QED) is 0.664. The van der Waals surface area contributed by atoms with E-state index in [2.05, 4.69) is 10.6 Å². The van der Waals surface area contributed by atoms with E-state index in [0.717, 1.165) is 5.69 Å². The molecule has 1 atom stereocenters. The molecule has 0 spiro atoms. The number of β-lactam (4-membered cyclic amide) rings is 1. The molecule has 11 heteroatoms. The van der Waals surface area contributed by atoms with Crippen molar-refractivity contribution in [3.8, 4) is 5.75 Å². The van der Waals surface area contributed by atoms with Crippen molar-refractivity contribution in [2.75, 3.05) is 31.7 Å². The first-order valence-corrected chi connectivity index (χ1v) is 11.1. The zero-order valence-corrected chi connectivity index (χ0v) is 18.7. The Balaban J connectivity index is 1.41. The van der Waals surface area contributed by atoms with E-state index < -0.39 is 6.04 Å². The molecule has 2 aromatic rings. The Bertz CT molecular complexity index is 1130. The van der Waals surface area contributed by atoms with Gasteiger partial charge in [0.25, 0.3) is 17.7 Å². The number of nitrogens with one attached hydrogen (secondary N) is 2. The van der Waals surface area contributed by atoms with Crippen LogP contribution in [0.25, 0.3) is 0 Å². The summed E-state index contributed by atoms with van der Waals surface area (Å²) < 4.78 is 5.77. The largest absolute Gasteiger partial charge is 0.490 e. The van der Waals surface area contributed by atoms with Crippen LogP contribution in [0.1, 0.15) is 39.6 Å². The van der Waals surface area contributed by atoms with Crippen LogP contribution in [-0.4, -0.2) is 66.2 Å². The molecule has 0 radical (unpaired) electrons. The summed E-state index contributed by atoms with van der Waals surface area (Å²) in [6.07, 6.45) is 0.651. The van der Waals surface area contributed by atoms with E-state index in [1.807, 2.05) is 18.7 Å². The third-order valence-corrected chi connectivity index (χ3v) is 6.81. The molecule has 1 fully saturated rings. The maximum absolute atomic E-state index is 12.7. The molecule has 1 unspecified atom stereocenters. The summed E-state index contributed by atoms with van der Waals surface area (Å²) in [5, 5.41) is 7.61. The Morgan fingerprint density at radius 3 is 2.94 bits per heavy atom. The minimum atomic E-state index is -0.599. The number of carbonyl (C=O) groups excluding carboxylic acids is 3. The van der Waals surface area contributed by atoms with Crippen LogP contribution >= 0.6 is 11.3 Å². The lowest BCUT2D eigenvalue weighted by Gasteiger charge is -2.36. The molecule has 3 aliphatic heterocycles. The van der Waals surface area contributed by atoms with E-state index in [1.165, 1.54) is 23.5 Å². The fraction of sp³-hybridized carbons (Fsp3) is 0.429. The van der Waals surface area contributed by atoms with Crippen LogP contribution in [-0.2, 0) is 16.1 Å². The molecule has 1 aromatic heterocycles. The average Bonchev–Trinajstić information content (AvgIpc) is 3.18. The predicted octanol–water partition coefficient (Wildman–Crippen LogP) is 1.24. The molecule has 168 valence electrons. The number of thiazole rings is 1. The molecule has 3 aliphatic rings. The van der Waals surface area contributed by atoms with E-state index in [1.54, 1.807) is 18.2 Å². The van der Waals surface area contributed by atoms with Crippen molar-refractivity contribution in [1.29, 1.82) is 0 Å². The Morgan fingerprint density at radius 2 is 2.19 bits per heavy atom. The van der Waals surface area contributed by atoms with Gasteiger partial charge in [-0.25, -0.2) is 10.0 Å². The highest BCUT2D eigenvalue weighted by Gasteiger charge is 2.39. The number of hydrogen-bond acceptors (Lipinski definition) is 8.